The summed E-state index contributed by atoms with van der Waals surface area (Å²) in [5, 5.41) is 12.0. The first-order valence-corrected chi connectivity index (χ1v) is 8.01. The Morgan fingerprint density at radius 1 is 1.29 bits per heavy atom. The molecule has 6 heteroatoms. The van der Waals surface area contributed by atoms with Gasteiger partial charge in [0.25, 0.3) is 0 Å². The Morgan fingerprint density at radius 2 is 2.00 bits per heavy atom. The Kier molecular flexibility index (Phi) is 5.38. The minimum atomic E-state index is -0.0393. The van der Waals surface area contributed by atoms with Crippen molar-refractivity contribution in [2.24, 2.45) is 0 Å². The lowest BCUT2D eigenvalue weighted by molar-refractivity contribution is -0.113. The van der Waals surface area contributed by atoms with Crippen molar-refractivity contribution in [3.05, 3.63) is 36.2 Å². The van der Waals surface area contributed by atoms with Gasteiger partial charge in [0.2, 0.25) is 5.91 Å². The number of benzene rings is 1. The first kappa shape index (κ1) is 15.6. The number of anilines is 1. The highest BCUT2D eigenvalue weighted by Crippen LogP contribution is 2.22. The average molecular weight is 304 g/mol. The van der Waals surface area contributed by atoms with E-state index < -0.39 is 0 Å². The van der Waals surface area contributed by atoms with E-state index in [1.165, 1.54) is 11.8 Å². The Bertz CT molecular complexity index is 595. The van der Waals surface area contributed by atoms with E-state index >= 15 is 0 Å². The predicted octanol–water partition coefficient (Wildman–Crippen LogP) is 3.15. The number of amides is 1. The minimum Gasteiger partial charge on any atom is -0.325 e. The Balaban J connectivity index is 1.97. The van der Waals surface area contributed by atoms with Crippen molar-refractivity contribution in [2.45, 2.75) is 38.4 Å². The first-order chi connectivity index (χ1) is 10.1. The van der Waals surface area contributed by atoms with Crippen LogP contribution in [0.3, 0.4) is 0 Å². The second-order valence-corrected chi connectivity index (χ2v) is 5.86. The summed E-state index contributed by atoms with van der Waals surface area (Å²) in [5.41, 5.74) is 0.808. The largest absolute Gasteiger partial charge is 0.325 e. The molecular weight excluding hydrogens is 284 g/mol. The number of hydrogen-bond acceptors (Lipinski definition) is 4. The first-order valence-electron chi connectivity index (χ1n) is 7.03. The van der Waals surface area contributed by atoms with Gasteiger partial charge in [-0.3, -0.25) is 4.79 Å². The van der Waals surface area contributed by atoms with E-state index in [0.717, 1.165) is 23.1 Å². The molecule has 1 N–H and O–H groups in total. The summed E-state index contributed by atoms with van der Waals surface area (Å²) >= 11 is 1.42. The van der Waals surface area contributed by atoms with Crippen molar-refractivity contribution in [1.82, 2.24) is 14.8 Å². The SMILES string of the molecule is CCc1nnc(SCC(=O)Nc2ccccc2)n1C(C)C. The molecule has 0 aliphatic carbocycles. The normalized spacial score (nSPS) is 10.9. The van der Waals surface area contributed by atoms with Crippen LogP contribution in [0.2, 0.25) is 0 Å². The highest BCUT2D eigenvalue weighted by Gasteiger charge is 2.15. The molecule has 0 spiro atoms. The number of carbonyl (C=O) groups is 1. The molecule has 5 nitrogen and oxygen atoms in total. The number of nitrogens with zero attached hydrogens (tertiary/aromatic N) is 3. The lowest BCUT2D eigenvalue weighted by Gasteiger charge is -2.12. The van der Waals surface area contributed by atoms with Gasteiger partial charge in [0, 0.05) is 18.2 Å². The maximum atomic E-state index is 12.0. The van der Waals surface area contributed by atoms with Gasteiger partial charge in [-0.15, -0.1) is 10.2 Å². The van der Waals surface area contributed by atoms with Crippen LogP contribution in [0.4, 0.5) is 5.69 Å². The van der Waals surface area contributed by atoms with Crippen molar-refractivity contribution < 1.29 is 4.79 Å². The van der Waals surface area contributed by atoms with Crippen LogP contribution in [0.25, 0.3) is 0 Å². The van der Waals surface area contributed by atoms with Crippen molar-refractivity contribution in [1.29, 1.82) is 0 Å². The maximum absolute atomic E-state index is 12.0. The van der Waals surface area contributed by atoms with E-state index in [4.69, 9.17) is 0 Å². The zero-order valence-corrected chi connectivity index (χ0v) is 13.4. The molecule has 0 saturated carbocycles. The van der Waals surface area contributed by atoms with Crippen LogP contribution < -0.4 is 5.32 Å². The fourth-order valence-electron chi connectivity index (χ4n) is 2.01. The summed E-state index contributed by atoms with van der Waals surface area (Å²) in [4.78, 5) is 12.0. The summed E-state index contributed by atoms with van der Waals surface area (Å²) in [6.45, 7) is 6.24. The third-order valence-electron chi connectivity index (χ3n) is 2.96. The molecule has 0 atom stereocenters. The highest BCUT2D eigenvalue weighted by molar-refractivity contribution is 7.99. The van der Waals surface area contributed by atoms with Crippen LogP contribution in [0.15, 0.2) is 35.5 Å². The van der Waals surface area contributed by atoms with Gasteiger partial charge in [-0.2, -0.15) is 0 Å². The summed E-state index contributed by atoms with van der Waals surface area (Å²) in [7, 11) is 0. The van der Waals surface area contributed by atoms with Gasteiger partial charge in [-0.05, 0) is 26.0 Å². The topological polar surface area (TPSA) is 59.8 Å². The molecule has 1 heterocycles. The van der Waals surface area contributed by atoms with Gasteiger partial charge in [0.15, 0.2) is 5.16 Å². The average Bonchev–Trinajstić information content (AvgIpc) is 2.89. The smallest absolute Gasteiger partial charge is 0.234 e. The zero-order chi connectivity index (χ0) is 15.2. The molecule has 0 radical (unpaired) electrons. The summed E-state index contributed by atoms with van der Waals surface area (Å²) in [6.07, 6.45) is 0.835. The standard InChI is InChI=1S/C15H20N4OS/c1-4-13-17-18-15(19(13)11(2)3)21-10-14(20)16-12-8-6-5-7-9-12/h5-9,11H,4,10H2,1-3H3,(H,16,20). The van der Waals surface area contributed by atoms with Gasteiger partial charge in [-0.25, -0.2) is 0 Å². The molecule has 112 valence electrons. The van der Waals surface area contributed by atoms with Crippen LogP contribution in [0.5, 0.6) is 0 Å². The maximum Gasteiger partial charge on any atom is 0.234 e. The van der Waals surface area contributed by atoms with E-state index in [2.05, 4.69) is 40.9 Å². The third-order valence-corrected chi connectivity index (χ3v) is 3.90. The van der Waals surface area contributed by atoms with Crippen molar-refractivity contribution in [2.75, 3.05) is 11.1 Å². The summed E-state index contributed by atoms with van der Waals surface area (Å²) in [5.74, 6) is 1.24. The van der Waals surface area contributed by atoms with E-state index in [9.17, 15) is 4.79 Å². The quantitative estimate of drug-likeness (QED) is 0.833. The van der Waals surface area contributed by atoms with Gasteiger partial charge < -0.3 is 9.88 Å². The van der Waals surface area contributed by atoms with Gasteiger partial charge in [0.05, 0.1) is 5.75 Å². The van der Waals surface area contributed by atoms with Gasteiger partial charge in [0.1, 0.15) is 5.82 Å². The lowest BCUT2D eigenvalue weighted by Crippen LogP contribution is -2.15. The third kappa shape index (κ3) is 4.07. The molecule has 0 bridgehead atoms. The number of para-hydroxylation sites is 1. The van der Waals surface area contributed by atoms with E-state index in [1.54, 1.807) is 0 Å². The molecule has 1 aromatic carbocycles. The molecule has 0 fully saturated rings. The molecule has 1 aromatic heterocycles. The van der Waals surface area contributed by atoms with Crippen LogP contribution in [0, 0.1) is 0 Å². The van der Waals surface area contributed by atoms with E-state index in [-0.39, 0.29) is 11.9 Å². The van der Waals surface area contributed by atoms with Crippen molar-refractivity contribution in [3.63, 3.8) is 0 Å². The Hall–Kier alpha value is -1.82. The second-order valence-electron chi connectivity index (χ2n) is 4.92. The van der Waals surface area contributed by atoms with Gasteiger partial charge >= 0.3 is 0 Å². The fraction of sp³-hybridized carbons (Fsp3) is 0.400. The number of carbonyl (C=O) groups excluding carboxylic acids is 1. The number of rotatable bonds is 6. The fourth-order valence-corrected chi connectivity index (χ4v) is 2.90. The monoisotopic (exact) mass is 304 g/mol. The van der Waals surface area contributed by atoms with Crippen LogP contribution in [0.1, 0.15) is 32.6 Å². The number of aryl methyl sites for hydroxylation is 1. The number of nitrogens with one attached hydrogen (secondary N) is 1. The molecule has 21 heavy (non-hydrogen) atoms. The number of aromatic nitrogens is 3. The molecule has 0 saturated heterocycles. The van der Waals surface area contributed by atoms with E-state index in [1.807, 2.05) is 30.3 Å². The molecule has 0 unspecified atom stereocenters. The molecule has 2 aromatic rings. The molecule has 1 amide bonds. The minimum absolute atomic E-state index is 0.0393. The van der Waals surface area contributed by atoms with Crippen LogP contribution in [-0.4, -0.2) is 26.4 Å². The predicted molar refractivity (Wildman–Crippen MR) is 85.6 cm³/mol. The summed E-state index contributed by atoms with van der Waals surface area (Å²) in [6, 6.07) is 9.73. The van der Waals surface area contributed by atoms with Gasteiger partial charge in [-0.1, -0.05) is 36.9 Å². The second kappa shape index (κ2) is 7.26. The number of thioether (sulfide) groups is 1. The Morgan fingerprint density at radius 3 is 2.62 bits per heavy atom. The Labute approximate surface area is 129 Å². The number of hydrogen-bond donors (Lipinski definition) is 1. The summed E-state index contributed by atoms with van der Waals surface area (Å²) < 4.78 is 2.08. The molecule has 0 aliphatic rings. The van der Waals surface area contributed by atoms with Crippen molar-refractivity contribution in [3.8, 4) is 0 Å². The van der Waals surface area contributed by atoms with Crippen LogP contribution >= 0.6 is 11.8 Å². The zero-order valence-electron chi connectivity index (χ0n) is 12.5. The highest BCUT2D eigenvalue weighted by atomic mass is 32.2. The van der Waals surface area contributed by atoms with Crippen molar-refractivity contribution >= 4 is 23.4 Å². The molecule has 0 aliphatic heterocycles. The van der Waals surface area contributed by atoms with E-state index in [0.29, 0.717) is 5.75 Å². The molecular formula is C15H20N4OS. The lowest BCUT2D eigenvalue weighted by atomic mass is 10.3. The van der Waals surface area contributed by atoms with Crippen LogP contribution in [-0.2, 0) is 11.2 Å². The molecule has 2 rings (SSSR count).